The van der Waals surface area contributed by atoms with Crippen molar-refractivity contribution in [2.45, 2.75) is 57.9 Å². The zero-order valence-electron chi connectivity index (χ0n) is 13.0. The van der Waals surface area contributed by atoms with E-state index in [4.69, 9.17) is 10.7 Å². The van der Waals surface area contributed by atoms with Crippen LogP contribution in [0.1, 0.15) is 54.7 Å². The van der Waals surface area contributed by atoms with Crippen LogP contribution in [0.5, 0.6) is 0 Å². The van der Waals surface area contributed by atoms with Gasteiger partial charge < -0.3 is 5.73 Å². The summed E-state index contributed by atoms with van der Waals surface area (Å²) in [4.78, 5) is 4.89. The topological polar surface area (TPSA) is 38.9 Å². The highest BCUT2D eigenvalue weighted by molar-refractivity contribution is 7.10. The molecule has 1 saturated carbocycles. The molecule has 0 spiro atoms. The fourth-order valence-electron chi connectivity index (χ4n) is 3.33. The minimum Gasteiger partial charge on any atom is -0.319 e. The van der Waals surface area contributed by atoms with E-state index in [1.54, 1.807) is 11.3 Å². The smallest absolute Gasteiger partial charge is 0.113 e. The minimum atomic E-state index is -0.196. The molecule has 0 radical (unpaired) electrons. The Morgan fingerprint density at radius 2 is 1.62 bits per heavy atom. The number of aromatic nitrogens is 1. The Balaban J connectivity index is 1.92. The predicted octanol–water partition coefficient (Wildman–Crippen LogP) is 4.94. The van der Waals surface area contributed by atoms with Crippen molar-refractivity contribution < 1.29 is 0 Å². The number of hydrogen-bond donors (Lipinski definition) is 1. The Bertz CT molecular complexity index is 602. The van der Waals surface area contributed by atoms with E-state index in [1.165, 1.54) is 42.4 Å². The number of benzene rings is 1. The second-order valence-corrected chi connectivity index (χ2v) is 7.34. The highest BCUT2D eigenvalue weighted by Crippen LogP contribution is 2.37. The lowest BCUT2D eigenvalue weighted by molar-refractivity contribution is 0.384. The monoisotopic (exact) mass is 300 g/mol. The van der Waals surface area contributed by atoms with Gasteiger partial charge in [-0.15, -0.1) is 11.3 Å². The molecule has 112 valence electrons. The lowest BCUT2D eigenvalue weighted by atomic mass is 9.92. The second kappa shape index (κ2) is 5.90. The highest BCUT2D eigenvalue weighted by Gasteiger charge is 2.31. The van der Waals surface area contributed by atoms with Crippen LogP contribution in [0.15, 0.2) is 23.6 Å². The van der Waals surface area contributed by atoms with Gasteiger partial charge in [-0.05, 0) is 38.8 Å². The van der Waals surface area contributed by atoms with Crippen molar-refractivity contribution in [3.8, 4) is 11.3 Å². The number of thiazole rings is 1. The van der Waals surface area contributed by atoms with Crippen molar-refractivity contribution in [1.29, 1.82) is 0 Å². The van der Waals surface area contributed by atoms with Gasteiger partial charge in [0.25, 0.3) is 0 Å². The summed E-state index contributed by atoms with van der Waals surface area (Å²) in [5, 5.41) is 3.29. The lowest BCUT2D eigenvalue weighted by Crippen LogP contribution is -2.35. The molecule has 1 aliphatic carbocycles. The Labute approximate surface area is 131 Å². The van der Waals surface area contributed by atoms with Crippen molar-refractivity contribution in [3.05, 3.63) is 39.7 Å². The molecule has 0 amide bonds. The second-order valence-electron chi connectivity index (χ2n) is 6.48. The Hall–Kier alpha value is -1.19. The van der Waals surface area contributed by atoms with Gasteiger partial charge in [0.05, 0.1) is 11.2 Å². The molecule has 1 aromatic heterocycles. The van der Waals surface area contributed by atoms with Crippen molar-refractivity contribution >= 4 is 11.3 Å². The Morgan fingerprint density at radius 3 is 2.24 bits per heavy atom. The van der Waals surface area contributed by atoms with Gasteiger partial charge in [-0.25, -0.2) is 4.98 Å². The van der Waals surface area contributed by atoms with Crippen LogP contribution >= 0.6 is 11.3 Å². The molecule has 2 N–H and O–H groups in total. The van der Waals surface area contributed by atoms with Crippen LogP contribution in [0.3, 0.4) is 0 Å². The summed E-state index contributed by atoms with van der Waals surface area (Å²) in [7, 11) is 0. The molecule has 2 nitrogen and oxygen atoms in total. The number of nitrogens with two attached hydrogens (primary N) is 1. The molecule has 0 unspecified atom stereocenters. The zero-order chi connectivity index (χ0) is 14.9. The SMILES string of the molecule is Cc1cc(C)cc(-c2csc(C3(N)CCCCCC3)n2)c1. The van der Waals surface area contributed by atoms with Crippen molar-refractivity contribution in [2.75, 3.05) is 0 Å². The average molecular weight is 300 g/mol. The van der Waals surface area contributed by atoms with Gasteiger partial charge in [-0.1, -0.05) is 42.9 Å². The van der Waals surface area contributed by atoms with Crippen LogP contribution < -0.4 is 5.73 Å². The summed E-state index contributed by atoms with van der Waals surface area (Å²) in [6.45, 7) is 4.28. The largest absolute Gasteiger partial charge is 0.319 e. The zero-order valence-corrected chi connectivity index (χ0v) is 13.8. The standard InChI is InChI=1S/C18H24N2S/c1-13-9-14(2)11-15(10-13)16-12-21-17(20-16)18(19)7-5-3-4-6-8-18/h9-12H,3-8,19H2,1-2H3. The molecular formula is C18H24N2S. The Kier molecular flexibility index (Phi) is 4.14. The minimum absolute atomic E-state index is 0.196. The molecule has 0 bridgehead atoms. The number of nitrogens with zero attached hydrogens (tertiary/aromatic N) is 1. The summed E-state index contributed by atoms with van der Waals surface area (Å²) < 4.78 is 0. The van der Waals surface area contributed by atoms with E-state index in [1.807, 2.05) is 0 Å². The molecule has 1 aromatic carbocycles. The first-order chi connectivity index (χ1) is 10.1. The van der Waals surface area contributed by atoms with E-state index in [2.05, 4.69) is 37.4 Å². The molecule has 1 heterocycles. The van der Waals surface area contributed by atoms with Gasteiger partial charge in [-0.3, -0.25) is 0 Å². The van der Waals surface area contributed by atoms with Gasteiger partial charge in [0.1, 0.15) is 5.01 Å². The molecule has 1 fully saturated rings. The van der Waals surface area contributed by atoms with Gasteiger partial charge in [0, 0.05) is 10.9 Å². The van der Waals surface area contributed by atoms with Crippen molar-refractivity contribution in [3.63, 3.8) is 0 Å². The first-order valence-corrected chi connectivity index (χ1v) is 8.78. The maximum Gasteiger partial charge on any atom is 0.113 e. The average Bonchev–Trinajstić information content (AvgIpc) is 2.83. The van der Waals surface area contributed by atoms with E-state index >= 15 is 0 Å². The van der Waals surface area contributed by atoms with Crippen LogP contribution in [-0.2, 0) is 5.54 Å². The van der Waals surface area contributed by atoms with E-state index in [-0.39, 0.29) is 5.54 Å². The first kappa shape index (κ1) is 14.7. The first-order valence-electron chi connectivity index (χ1n) is 7.90. The summed E-state index contributed by atoms with van der Waals surface area (Å²) in [5.41, 5.74) is 11.4. The van der Waals surface area contributed by atoms with Gasteiger partial charge in [-0.2, -0.15) is 0 Å². The molecule has 1 aliphatic rings. The quantitative estimate of drug-likeness (QED) is 0.798. The van der Waals surface area contributed by atoms with Crippen LogP contribution in [0.25, 0.3) is 11.3 Å². The molecule has 3 heteroatoms. The van der Waals surface area contributed by atoms with Crippen LogP contribution in [0.2, 0.25) is 0 Å². The van der Waals surface area contributed by atoms with Crippen molar-refractivity contribution in [2.24, 2.45) is 5.73 Å². The third-order valence-electron chi connectivity index (χ3n) is 4.44. The molecule has 0 saturated heterocycles. The van der Waals surface area contributed by atoms with E-state index in [0.717, 1.165) is 23.5 Å². The third-order valence-corrected chi connectivity index (χ3v) is 5.51. The number of hydrogen-bond acceptors (Lipinski definition) is 3. The summed E-state index contributed by atoms with van der Waals surface area (Å²) in [6, 6.07) is 6.62. The molecule has 0 atom stereocenters. The normalized spacial score (nSPS) is 18.4. The van der Waals surface area contributed by atoms with Crippen molar-refractivity contribution in [1.82, 2.24) is 4.98 Å². The van der Waals surface area contributed by atoms with E-state index in [0.29, 0.717) is 0 Å². The summed E-state index contributed by atoms with van der Waals surface area (Å²) in [5.74, 6) is 0. The maximum absolute atomic E-state index is 6.68. The Morgan fingerprint density at radius 1 is 1.00 bits per heavy atom. The molecular weight excluding hydrogens is 276 g/mol. The molecule has 21 heavy (non-hydrogen) atoms. The molecule has 0 aliphatic heterocycles. The predicted molar refractivity (Wildman–Crippen MR) is 90.6 cm³/mol. The number of aryl methyl sites for hydroxylation is 2. The van der Waals surface area contributed by atoms with E-state index in [9.17, 15) is 0 Å². The van der Waals surface area contributed by atoms with E-state index < -0.39 is 0 Å². The summed E-state index contributed by atoms with van der Waals surface area (Å²) >= 11 is 1.73. The molecule has 3 rings (SSSR count). The lowest BCUT2D eigenvalue weighted by Gasteiger charge is -2.25. The fourth-order valence-corrected chi connectivity index (χ4v) is 4.33. The molecule has 2 aromatic rings. The third kappa shape index (κ3) is 3.19. The maximum atomic E-state index is 6.68. The summed E-state index contributed by atoms with van der Waals surface area (Å²) in [6.07, 6.45) is 7.24. The fraction of sp³-hybridized carbons (Fsp3) is 0.500. The van der Waals surface area contributed by atoms with Gasteiger partial charge >= 0.3 is 0 Å². The van der Waals surface area contributed by atoms with Crippen LogP contribution in [-0.4, -0.2) is 4.98 Å². The van der Waals surface area contributed by atoms with Crippen LogP contribution in [0, 0.1) is 13.8 Å². The highest BCUT2D eigenvalue weighted by atomic mass is 32.1. The van der Waals surface area contributed by atoms with Gasteiger partial charge in [0.2, 0.25) is 0 Å². The van der Waals surface area contributed by atoms with Gasteiger partial charge in [0.15, 0.2) is 0 Å². The number of rotatable bonds is 2. The van der Waals surface area contributed by atoms with Crippen LogP contribution in [0.4, 0.5) is 0 Å².